The molecule has 0 amide bonds. The molecule has 5 N–H and O–H groups in total. The summed E-state index contributed by atoms with van der Waals surface area (Å²) in [6.07, 6.45) is 0.625. The number of nitrogens with one attached hydrogen (secondary N) is 1. The number of nitrogens with zero attached hydrogens (tertiary/aromatic N) is 4. The molecule has 1 aliphatic heterocycles. The Morgan fingerprint density at radius 3 is 2.64 bits per heavy atom. The van der Waals surface area contributed by atoms with Gasteiger partial charge in [0.05, 0.1) is 17.5 Å². The minimum atomic E-state index is -4.38. The number of para-hydroxylation sites is 1. The number of aromatic nitrogens is 4. The van der Waals surface area contributed by atoms with Crippen molar-refractivity contribution in [2.24, 2.45) is 0 Å². The molecular weight excluding hydrogens is 591 g/mol. The van der Waals surface area contributed by atoms with Crippen molar-refractivity contribution in [2.75, 3.05) is 5.73 Å². The lowest BCUT2D eigenvalue weighted by Gasteiger charge is -2.29. The predicted octanol–water partition coefficient (Wildman–Crippen LogP) is 3.13. The topological polar surface area (TPSA) is 193 Å². The molecule has 0 spiro atoms. The average molecular weight is 625 g/mol. The lowest BCUT2D eigenvalue weighted by molar-refractivity contribution is -0.152. The summed E-state index contributed by atoms with van der Waals surface area (Å²) in [5.41, 5.74) is 6.45. The van der Waals surface area contributed by atoms with Crippen LogP contribution in [-0.4, -0.2) is 72.3 Å². The molecule has 0 bridgehead atoms. The Bertz CT molecular complexity index is 1460. The Morgan fingerprint density at radius 1 is 1.17 bits per heavy atom. The maximum atomic E-state index is 14.2. The number of halogens is 1. The van der Waals surface area contributed by atoms with Crippen molar-refractivity contribution in [1.82, 2.24) is 24.6 Å². The molecule has 1 saturated carbocycles. The third kappa shape index (κ3) is 6.55. The number of rotatable bonds is 10. The number of aliphatic hydroxyl groups excluding tert-OH is 2. The fourth-order valence-electron chi connectivity index (χ4n) is 5.10. The quantitative estimate of drug-likeness (QED) is 0.190. The number of aliphatic hydroxyl groups is 2. The van der Waals surface area contributed by atoms with Crippen LogP contribution in [0.3, 0.4) is 0 Å². The molecule has 2 aliphatic rings. The van der Waals surface area contributed by atoms with Crippen LogP contribution in [-0.2, 0) is 23.4 Å². The highest BCUT2D eigenvalue weighted by molar-refractivity contribution is 7.52. The second-order valence-corrected chi connectivity index (χ2v) is 12.5. The molecule has 5 rings (SSSR count). The molecule has 14 nitrogen and oxygen atoms in total. The van der Waals surface area contributed by atoms with E-state index in [-0.39, 0.29) is 28.3 Å². The van der Waals surface area contributed by atoms with Crippen molar-refractivity contribution >= 4 is 42.3 Å². The van der Waals surface area contributed by atoms with E-state index in [0.717, 1.165) is 32.1 Å². The number of nitrogens with two attached hydrogens (primary N) is 1. The van der Waals surface area contributed by atoms with Gasteiger partial charge in [-0.15, -0.1) is 0 Å². The van der Waals surface area contributed by atoms with Gasteiger partial charge < -0.3 is 29.9 Å². The van der Waals surface area contributed by atoms with Crippen molar-refractivity contribution in [2.45, 2.75) is 88.7 Å². The zero-order chi connectivity index (χ0) is 30.0. The monoisotopic (exact) mass is 624 g/mol. The molecule has 1 saturated heterocycles. The molecule has 2 aromatic heterocycles. The van der Waals surface area contributed by atoms with E-state index in [1.807, 2.05) is 0 Å². The highest BCUT2D eigenvalue weighted by atomic mass is 35.5. The lowest BCUT2D eigenvalue weighted by atomic mass is 9.98. The van der Waals surface area contributed by atoms with Crippen LogP contribution in [0.25, 0.3) is 11.2 Å². The second kappa shape index (κ2) is 12.8. The number of carbonyl (C=O) groups excluding carboxylic acids is 1. The maximum Gasteiger partial charge on any atom is 0.459 e. The Labute approximate surface area is 247 Å². The molecule has 1 aromatic carbocycles. The normalized spacial score (nSPS) is 26.0. The Kier molecular flexibility index (Phi) is 9.33. The number of benzene rings is 1. The number of hydrogen-bond donors (Lipinski definition) is 4. The Balaban J connectivity index is 1.34. The predicted molar refractivity (Wildman–Crippen MR) is 151 cm³/mol. The van der Waals surface area contributed by atoms with E-state index in [2.05, 4.69) is 20.0 Å². The lowest BCUT2D eigenvalue weighted by Crippen LogP contribution is -2.41. The number of hydrogen-bond acceptors (Lipinski definition) is 12. The van der Waals surface area contributed by atoms with Gasteiger partial charge in [0, 0.05) is 0 Å². The molecule has 42 heavy (non-hydrogen) atoms. The standard InChI is InChI=1S/C26H34ClN6O8P/c1-14(26(36)38-16-8-4-3-5-9-16)32-42(37,41-18-11-7-6-10-17(18)27)40-15(2)22-20(34)21(35)25(39-22)33-13-31-19-23(28)29-12-30-24(19)33/h6-7,10-16,20-22,25,34-35H,3-5,8-9H2,1-2H3,(H,32,37)(H2,28,29,30)/t14?,15?,20-,21+,22?,25?,42?/m0/s1. The van der Waals surface area contributed by atoms with Crippen molar-refractivity contribution in [1.29, 1.82) is 0 Å². The van der Waals surface area contributed by atoms with E-state index in [1.54, 1.807) is 18.2 Å². The van der Waals surface area contributed by atoms with E-state index < -0.39 is 50.4 Å². The van der Waals surface area contributed by atoms with Gasteiger partial charge in [-0.3, -0.25) is 13.9 Å². The summed E-state index contributed by atoms with van der Waals surface area (Å²) in [5, 5.41) is 24.6. The van der Waals surface area contributed by atoms with Crippen molar-refractivity contribution in [3.05, 3.63) is 41.9 Å². The van der Waals surface area contributed by atoms with E-state index in [4.69, 9.17) is 35.9 Å². The smallest absolute Gasteiger partial charge is 0.459 e. The van der Waals surface area contributed by atoms with E-state index in [0.29, 0.717) is 5.52 Å². The first kappa shape index (κ1) is 30.6. The summed E-state index contributed by atoms with van der Waals surface area (Å²) in [7, 11) is -4.38. The second-order valence-electron chi connectivity index (χ2n) is 10.4. The molecule has 228 valence electrons. The fourth-order valence-corrected chi connectivity index (χ4v) is 7.04. The number of anilines is 1. The summed E-state index contributed by atoms with van der Waals surface area (Å²) in [6.45, 7) is 2.98. The molecule has 0 radical (unpaired) electrons. The number of fused-ring (bicyclic) bond motifs is 1. The largest absolute Gasteiger partial charge is 0.461 e. The van der Waals surface area contributed by atoms with Crippen molar-refractivity contribution in [3.63, 3.8) is 0 Å². The number of nitrogen functional groups attached to an aromatic ring is 1. The summed E-state index contributed by atoms with van der Waals surface area (Å²) < 4.78 is 38.8. The molecule has 7 atom stereocenters. The van der Waals surface area contributed by atoms with Crippen LogP contribution in [0.2, 0.25) is 5.02 Å². The van der Waals surface area contributed by atoms with Crippen LogP contribution in [0.15, 0.2) is 36.9 Å². The molecule has 3 heterocycles. The SMILES string of the molecule is CC(NP(=O)(Oc1ccccc1Cl)OC(C)C1OC(n2cnc3c(N)ncnc32)[C@H](O)[C@@H]1O)C(=O)OC1CCCCC1. The highest BCUT2D eigenvalue weighted by Crippen LogP contribution is 2.49. The number of carbonyl (C=O) groups is 1. The van der Waals surface area contributed by atoms with Gasteiger partial charge in [-0.25, -0.2) is 19.5 Å². The first-order valence-corrected chi connectivity index (χ1v) is 15.6. The summed E-state index contributed by atoms with van der Waals surface area (Å²) in [4.78, 5) is 25.1. The van der Waals surface area contributed by atoms with Gasteiger partial charge in [-0.05, 0) is 51.7 Å². The maximum absolute atomic E-state index is 14.2. The van der Waals surface area contributed by atoms with Gasteiger partial charge in [0.2, 0.25) is 0 Å². The van der Waals surface area contributed by atoms with Crippen LogP contribution < -0.4 is 15.3 Å². The minimum Gasteiger partial charge on any atom is -0.461 e. The van der Waals surface area contributed by atoms with Crippen molar-refractivity contribution < 1.29 is 38.1 Å². The van der Waals surface area contributed by atoms with Crippen LogP contribution in [0.5, 0.6) is 5.75 Å². The highest BCUT2D eigenvalue weighted by Gasteiger charge is 2.49. The first-order chi connectivity index (χ1) is 20.1. The number of esters is 1. The zero-order valence-electron chi connectivity index (χ0n) is 23.1. The van der Waals surface area contributed by atoms with Gasteiger partial charge in [0.1, 0.15) is 48.1 Å². The van der Waals surface area contributed by atoms with Crippen LogP contribution in [0, 0.1) is 0 Å². The minimum absolute atomic E-state index is 0.0444. The van der Waals surface area contributed by atoms with E-state index in [9.17, 15) is 19.6 Å². The zero-order valence-corrected chi connectivity index (χ0v) is 24.7. The Hall–Kier alpha value is -2.84. The van der Waals surface area contributed by atoms with Crippen LogP contribution >= 0.6 is 19.3 Å². The van der Waals surface area contributed by atoms with Gasteiger partial charge in [0.15, 0.2) is 17.7 Å². The molecule has 3 aromatic rings. The van der Waals surface area contributed by atoms with Gasteiger partial charge >= 0.3 is 13.7 Å². The molecule has 2 fully saturated rings. The first-order valence-electron chi connectivity index (χ1n) is 13.7. The number of imidazole rings is 1. The fraction of sp³-hybridized carbons (Fsp3) is 0.538. The number of ether oxygens (including phenoxy) is 2. The third-order valence-electron chi connectivity index (χ3n) is 7.30. The molecule has 1 aliphatic carbocycles. The Morgan fingerprint density at radius 2 is 1.90 bits per heavy atom. The van der Waals surface area contributed by atoms with Gasteiger partial charge in [0.25, 0.3) is 0 Å². The van der Waals surface area contributed by atoms with E-state index in [1.165, 1.54) is 37.1 Å². The molecule has 16 heteroatoms. The summed E-state index contributed by atoms with van der Waals surface area (Å²) >= 11 is 6.25. The van der Waals surface area contributed by atoms with Crippen LogP contribution in [0.4, 0.5) is 5.82 Å². The van der Waals surface area contributed by atoms with Gasteiger partial charge in [-0.2, -0.15) is 5.09 Å². The van der Waals surface area contributed by atoms with E-state index >= 15 is 0 Å². The summed E-state index contributed by atoms with van der Waals surface area (Å²) in [5.74, 6) is -0.426. The average Bonchev–Trinajstić information content (AvgIpc) is 3.52. The molecular formula is C26H34ClN6O8P. The third-order valence-corrected chi connectivity index (χ3v) is 9.36. The van der Waals surface area contributed by atoms with Crippen LogP contribution in [0.1, 0.15) is 52.2 Å². The van der Waals surface area contributed by atoms with Gasteiger partial charge in [-0.1, -0.05) is 30.2 Å². The van der Waals surface area contributed by atoms with Crippen molar-refractivity contribution in [3.8, 4) is 5.75 Å². The summed E-state index contributed by atoms with van der Waals surface area (Å²) in [6, 6.07) is 5.26. The molecule has 5 unspecified atom stereocenters.